The van der Waals surface area contributed by atoms with Crippen molar-refractivity contribution < 1.29 is 18.0 Å². The predicted molar refractivity (Wildman–Crippen MR) is 119 cm³/mol. The highest BCUT2D eigenvalue weighted by molar-refractivity contribution is 7.92. The highest BCUT2D eigenvalue weighted by Gasteiger charge is 2.34. The number of likely N-dealkylation sites (tertiary alicyclic amines) is 1. The molecule has 2 amide bonds. The van der Waals surface area contributed by atoms with E-state index in [1.807, 2.05) is 30.3 Å². The van der Waals surface area contributed by atoms with Gasteiger partial charge >= 0.3 is 0 Å². The van der Waals surface area contributed by atoms with Crippen molar-refractivity contribution in [3.63, 3.8) is 0 Å². The molecule has 7 heteroatoms. The second kappa shape index (κ2) is 9.22. The van der Waals surface area contributed by atoms with Crippen LogP contribution in [0.2, 0.25) is 0 Å². The SMILES string of the molecule is O=C(Nc1cccc(S(=O)(=O)C2CCCC2)c1)C1CC(=O)N(CCc2ccccc2)C1. The van der Waals surface area contributed by atoms with E-state index in [0.29, 0.717) is 31.6 Å². The van der Waals surface area contributed by atoms with Crippen LogP contribution in [0.4, 0.5) is 5.69 Å². The van der Waals surface area contributed by atoms with E-state index >= 15 is 0 Å². The minimum absolute atomic E-state index is 0.0198. The fourth-order valence-electron chi connectivity index (χ4n) is 4.46. The van der Waals surface area contributed by atoms with E-state index in [4.69, 9.17) is 0 Å². The highest BCUT2D eigenvalue weighted by atomic mass is 32.2. The number of anilines is 1. The molecule has 2 aromatic carbocycles. The van der Waals surface area contributed by atoms with Gasteiger partial charge in [0.2, 0.25) is 11.8 Å². The number of hydrogen-bond donors (Lipinski definition) is 1. The maximum absolute atomic E-state index is 12.8. The molecule has 4 rings (SSSR count). The average Bonchev–Trinajstić information content (AvgIpc) is 3.44. The Hall–Kier alpha value is -2.67. The molecule has 31 heavy (non-hydrogen) atoms. The molecule has 0 bridgehead atoms. The van der Waals surface area contributed by atoms with Crippen molar-refractivity contribution in [2.75, 3.05) is 18.4 Å². The number of rotatable bonds is 7. The number of nitrogens with one attached hydrogen (secondary N) is 1. The Labute approximate surface area is 183 Å². The van der Waals surface area contributed by atoms with E-state index in [0.717, 1.165) is 24.8 Å². The molecule has 0 aromatic heterocycles. The number of sulfone groups is 1. The number of amides is 2. The summed E-state index contributed by atoms with van der Waals surface area (Å²) in [6.07, 6.45) is 4.21. The Bertz CT molecular complexity index is 1050. The Morgan fingerprint density at radius 1 is 1.03 bits per heavy atom. The first-order valence-electron chi connectivity index (χ1n) is 10.9. The Balaban J connectivity index is 1.37. The fraction of sp³-hybridized carbons (Fsp3) is 0.417. The zero-order valence-corrected chi connectivity index (χ0v) is 18.3. The molecule has 2 aromatic rings. The lowest BCUT2D eigenvalue weighted by atomic mass is 10.1. The third kappa shape index (κ3) is 4.98. The van der Waals surface area contributed by atoms with Gasteiger partial charge in [0.05, 0.1) is 16.1 Å². The van der Waals surface area contributed by atoms with Gasteiger partial charge in [-0.15, -0.1) is 0 Å². The maximum Gasteiger partial charge on any atom is 0.229 e. The van der Waals surface area contributed by atoms with Crippen LogP contribution >= 0.6 is 0 Å². The topological polar surface area (TPSA) is 83.5 Å². The van der Waals surface area contributed by atoms with Gasteiger partial charge in [-0.25, -0.2) is 8.42 Å². The van der Waals surface area contributed by atoms with Crippen molar-refractivity contribution >= 4 is 27.3 Å². The monoisotopic (exact) mass is 440 g/mol. The van der Waals surface area contributed by atoms with Crippen LogP contribution in [0.1, 0.15) is 37.7 Å². The highest BCUT2D eigenvalue weighted by Crippen LogP contribution is 2.30. The van der Waals surface area contributed by atoms with E-state index in [1.54, 1.807) is 23.1 Å². The first kappa shape index (κ1) is 21.6. The smallest absolute Gasteiger partial charge is 0.229 e. The molecule has 1 aliphatic carbocycles. The summed E-state index contributed by atoms with van der Waals surface area (Å²) in [5, 5.41) is 2.49. The number of nitrogens with zero attached hydrogens (tertiary/aromatic N) is 1. The lowest BCUT2D eigenvalue weighted by Crippen LogP contribution is -2.30. The van der Waals surface area contributed by atoms with Crippen LogP contribution in [0.25, 0.3) is 0 Å². The van der Waals surface area contributed by atoms with Crippen molar-refractivity contribution in [2.45, 2.75) is 48.7 Å². The van der Waals surface area contributed by atoms with Crippen LogP contribution in [0, 0.1) is 5.92 Å². The van der Waals surface area contributed by atoms with Crippen molar-refractivity contribution in [3.05, 3.63) is 60.2 Å². The van der Waals surface area contributed by atoms with Crippen molar-refractivity contribution in [1.29, 1.82) is 0 Å². The van der Waals surface area contributed by atoms with Gasteiger partial charge in [-0.2, -0.15) is 0 Å². The van der Waals surface area contributed by atoms with Crippen LogP contribution < -0.4 is 5.32 Å². The predicted octanol–water partition coefficient (Wildman–Crippen LogP) is 3.43. The molecule has 0 spiro atoms. The number of carbonyl (C=O) groups is 2. The number of benzene rings is 2. The fourth-order valence-corrected chi connectivity index (χ4v) is 6.36. The van der Waals surface area contributed by atoms with E-state index in [9.17, 15) is 18.0 Å². The summed E-state index contributed by atoms with van der Waals surface area (Å²) in [5.41, 5.74) is 1.61. The lowest BCUT2D eigenvalue weighted by Gasteiger charge is -2.17. The Morgan fingerprint density at radius 3 is 2.52 bits per heavy atom. The molecule has 164 valence electrons. The molecule has 2 aliphatic rings. The van der Waals surface area contributed by atoms with Crippen LogP contribution in [-0.4, -0.2) is 43.5 Å². The molecule has 2 fully saturated rings. The second-order valence-corrected chi connectivity index (χ2v) is 10.7. The third-order valence-corrected chi connectivity index (χ3v) is 8.53. The van der Waals surface area contributed by atoms with Crippen LogP contribution in [-0.2, 0) is 25.8 Å². The van der Waals surface area contributed by atoms with Crippen molar-refractivity contribution in [2.24, 2.45) is 5.92 Å². The zero-order valence-electron chi connectivity index (χ0n) is 17.5. The molecule has 1 N–H and O–H groups in total. The number of hydrogen-bond acceptors (Lipinski definition) is 4. The summed E-state index contributed by atoms with van der Waals surface area (Å²) in [6, 6.07) is 16.4. The quantitative estimate of drug-likeness (QED) is 0.715. The van der Waals surface area contributed by atoms with Gasteiger partial charge in [-0.1, -0.05) is 49.2 Å². The minimum atomic E-state index is -3.38. The Kier molecular flexibility index (Phi) is 6.41. The van der Waals surface area contributed by atoms with E-state index in [1.165, 1.54) is 6.07 Å². The molecule has 1 atom stereocenters. The normalized spacial score (nSPS) is 19.7. The summed E-state index contributed by atoms with van der Waals surface area (Å²) in [4.78, 5) is 27.1. The van der Waals surface area contributed by atoms with Gasteiger partial charge in [0.1, 0.15) is 0 Å². The number of carbonyl (C=O) groups excluding carboxylic acids is 2. The second-order valence-electron chi connectivity index (χ2n) is 8.44. The molecular formula is C24H28N2O4S. The summed E-state index contributed by atoms with van der Waals surface area (Å²) < 4.78 is 25.7. The van der Waals surface area contributed by atoms with E-state index in [-0.39, 0.29) is 28.4 Å². The van der Waals surface area contributed by atoms with Gasteiger partial charge in [-0.05, 0) is 43.0 Å². The van der Waals surface area contributed by atoms with Crippen LogP contribution in [0.5, 0.6) is 0 Å². The largest absolute Gasteiger partial charge is 0.342 e. The molecule has 6 nitrogen and oxygen atoms in total. The first-order valence-corrected chi connectivity index (χ1v) is 12.4. The molecule has 1 saturated carbocycles. The summed E-state index contributed by atoms with van der Waals surface area (Å²) in [5.74, 6) is -0.696. The van der Waals surface area contributed by atoms with E-state index < -0.39 is 15.8 Å². The minimum Gasteiger partial charge on any atom is -0.342 e. The average molecular weight is 441 g/mol. The van der Waals surface area contributed by atoms with Gasteiger partial charge in [-0.3, -0.25) is 9.59 Å². The third-order valence-electron chi connectivity index (χ3n) is 6.27. The lowest BCUT2D eigenvalue weighted by molar-refractivity contribution is -0.128. The first-order chi connectivity index (χ1) is 14.9. The molecule has 1 aliphatic heterocycles. The van der Waals surface area contributed by atoms with Crippen molar-refractivity contribution in [3.8, 4) is 0 Å². The van der Waals surface area contributed by atoms with Crippen LogP contribution in [0.3, 0.4) is 0 Å². The maximum atomic E-state index is 12.8. The molecule has 1 heterocycles. The molecular weight excluding hydrogens is 412 g/mol. The van der Waals surface area contributed by atoms with Gasteiger partial charge in [0.25, 0.3) is 0 Å². The van der Waals surface area contributed by atoms with E-state index in [2.05, 4.69) is 5.32 Å². The Morgan fingerprint density at radius 2 is 1.77 bits per heavy atom. The van der Waals surface area contributed by atoms with Crippen molar-refractivity contribution in [1.82, 2.24) is 4.90 Å². The summed E-state index contributed by atoms with van der Waals surface area (Å²) >= 11 is 0. The summed E-state index contributed by atoms with van der Waals surface area (Å²) in [7, 11) is -3.38. The molecule has 1 unspecified atom stereocenters. The molecule has 0 radical (unpaired) electrons. The zero-order chi connectivity index (χ0) is 21.8. The van der Waals surface area contributed by atoms with Gasteiger partial charge < -0.3 is 10.2 Å². The van der Waals surface area contributed by atoms with Crippen LogP contribution in [0.15, 0.2) is 59.5 Å². The van der Waals surface area contributed by atoms with Gasteiger partial charge in [0, 0.05) is 25.2 Å². The van der Waals surface area contributed by atoms with Gasteiger partial charge in [0.15, 0.2) is 9.84 Å². The standard InChI is InChI=1S/C24H28N2O4S/c27-23-15-19(17-26(23)14-13-18-7-2-1-3-8-18)24(28)25-20-9-6-12-22(16-20)31(29,30)21-10-4-5-11-21/h1-3,6-9,12,16,19,21H,4-5,10-11,13-15,17H2,(H,25,28). The summed E-state index contributed by atoms with van der Waals surface area (Å²) in [6.45, 7) is 0.972. The molecule has 1 saturated heterocycles.